The molecule has 0 aliphatic heterocycles. The molecule has 0 bridgehead atoms. The molecule has 2 rings (SSSR count). The highest BCUT2D eigenvalue weighted by Crippen LogP contribution is 2.27. The van der Waals surface area contributed by atoms with Gasteiger partial charge in [-0.15, -0.1) is 11.3 Å². The molecule has 2 aromatic rings. The number of rotatable bonds is 4. The first-order chi connectivity index (χ1) is 8.97. The van der Waals surface area contributed by atoms with Gasteiger partial charge in [-0.2, -0.15) is 0 Å². The third kappa shape index (κ3) is 3.31. The fourth-order valence-electron chi connectivity index (χ4n) is 1.46. The molecule has 0 aliphatic rings. The van der Waals surface area contributed by atoms with Crippen LogP contribution in [-0.2, 0) is 4.79 Å². The quantitative estimate of drug-likeness (QED) is 0.795. The number of anilines is 2. The number of carbonyl (C=O) groups is 1. The summed E-state index contributed by atoms with van der Waals surface area (Å²) in [5.74, 6) is -1.09. The van der Waals surface area contributed by atoms with Crippen molar-refractivity contribution < 1.29 is 9.90 Å². The third-order valence-corrected chi connectivity index (χ3v) is 3.82. The van der Waals surface area contributed by atoms with Crippen LogP contribution in [0, 0.1) is 6.92 Å². The van der Waals surface area contributed by atoms with Crippen LogP contribution >= 0.6 is 27.3 Å². The molecular formula is C12H12BrN3O2S. The molecule has 1 heterocycles. The average molecular weight is 342 g/mol. The summed E-state index contributed by atoms with van der Waals surface area (Å²) < 4.78 is 0.958. The van der Waals surface area contributed by atoms with Crippen LogP contribution in [0.1, 0.15) is 17.3 Å². The molecule has 0 radical (unpaired) electrons. The maximum absolute atomic E-state index is 10.8. The highest BCUT2D eigenvalue weighted by molar-refractivity contribution is 9.10. The number of nitrogens with two attached hydrogens (primary N) is 1. The number of carboxylic acids is 1. The normalized spacial score (nSPS) is 12.2. The zero-order chi connectivity index (χ0) is 14.0. The number of hydrogen-bond donors (Lipinski definition) is 3. The molecule has 0 amide bonds. The lowest BCUT2D eigenvalue weighted by Crippen LogP contribution is -2.20. The van der Waals surface area contributed by atoms with E-state index in [1.807, 2.05) is 25.1 Å². The van der Waals surface area contributed by atoms with Gasteiger partial charge in [0.05, 0.1) is 5.69 Å². The van der Waals surface area contributed by atoms with Crippen molar-refractivity contribution in [2.45, 2.75) is 13.0 Å². The summed E-state index contributed by atoms with van der Waals surface area (Å²) >= 11 is 4.73. The van der Waals surface area contributed by atoms with E-state index in [1.54, 1.807) is 5.38 Å². The lowest BCUT2D eigenvalue weighted by molar-refractivity contribution is -0.138. The van der Waals surface area contributed by atoms with E-state index in [0.29, 0.717) is 10.8 Å². The SMILES string of the molecule is Cc1ccc(Br)cc1Nc1nc(C(N)C(=O)O)cs1. The molecule has 0 fully saturated rings. The van der Waals surface area contributed by atoms with Crippen LogP contribution < -0.4 is 11.1 Å². The summed E-state index contributed by atoms with van der Waals surface area (Å²) in [4.78, 5) is 15.0. The van der Waals surface area contributed by atoms with Crippen LogP contribution in [0.25, 0.3) is 0 Å². The van der Waals surface area contributed by atoms with Crippen LogP contribution in [0.15, 0.2) is 28.1 Å². The Balaban J connectivity index is 2.20. The number of nitrogens with zero attached hydrogens (tertiary/aromatic N) is 1. The van der Waals surface area contributed by atoms with E-state index < -0.39 is 12.0 Å². The van der Waals surface area contributed by atoms with Gasteiger partial charge in [-0.3, -0.25) is 4.79 Å². The maximum atomic E-state index is 10.8. The van der Waals surface area contributed by atoms with Gasteiger partial charge in [0.15, 0.2) is 5.13 Å². The summed E-state index contributed by atoms with van der Waals surface area (Å²) in [5.41, 5.74) is 7.85. The standard InChI is InChI=1S/C12H12BrN3O2S/c1-6-2-3-7(13)4-8(6)15-12-16-9(5-19-12)10(14)11(17)18/h2-5,10H,14H2,1H3,(H,15,16)(H,17,18). The zero-order valence-electron chi connectivity index (χ0n) is 10.1. The van der Waals surface area contributed by atoms with Crippen molar-refractivity contribution in [2.75, 3.05) is 5.32 Å². The van der Waals surface area contributed by atoms with E-state index in [4.69, 9.17) is 10.8 Å². The van der Waals surface area contributed by atoms with Gasteiger partial charge in [-0.25, -0.2) is 4.98 Å². The Morgan fingerprint density at radius 3 is 3.00 bits per heavy atom. The van der Waals surface area contributed by atoms with Crippen molar-refractivity contribution >= 4 is 44.1 Å². The fraction of sp³-hybridized carbons (Fsp3) is 0.167. The Hall–Kier alpha value is -1.44. The van der Waals surface area contributed by atoms with Crippen molar-refractivity contribution in [3.63, 3.8) is 0 Å². The first-order valence-corrected chi connectivity index (χ1v) is 7.11. The minimum Gasteiger partial charge on any atom is -0.480 e. The van der Waals surface area contributed by atoms with Gasteiger partial charge >= 0.3 is 5.97 Å². The third-order valence-electron chi connectivity index (χ3n) is 2.55. The molecule has 0 saturated heterocycles. The molecule has 5 nitrogen and oxygen atoms in total. The largest absolute Gasteiger partial charge is 0.480 e. The number of aliphatic carboxylic acids is 1. The molecule has 7 heteroatoms. The minimum absolute atomic E-state index is 0.354. The monoisotopic (exact) mass is 341 g/mol. The Bertz CT molecular complexity index is 615. The summed E-state index contributed by atoms with van der Waals surface area (Å²) in [6.07, 6.45) is 0. The van der Waals surface area contributed by atoms with Gasteiger partial charge in [0.1, 0.15) is 6.04 Å². The van der Waals surface area contributed by atoms with Gasteiger partial charge in [-0.1, -0.05) is 22.0 Å². The number of carboxylic acid groups (broad SMARTS) is 1. The Labute approximate surface area is 122 Å². The maximum Gasteiger partial charge on any atom is 0.326 e. The first-order valence-electron chi connectivity index (χ1n) is 5.44. The molecular weight excluding hydrogens is 330 g/mol. The molecule has 1 aromatic heterocycles. The van der Waals surface area contributed by atoms with Crippen LogP contribution in [0.4, 0.5) is 10.8 Å². The molecule has 1 atom stereocenters. The number of benzene rings is 1. The van der Waals surface area contributed by atoms with Gasteiger partial charge in [0.25, 0.3) is 0 Å². The lowest BCUT2D eigenvalue weighted by atomic mass is 10.2. The lowest BCUT2D eigenvalue weighted by Gasteiger charge is -2.07. The molecule has 1 aromatic carbocycles. The van der Waals surface area contributed by atoms with Gasteiger partial charge in [-0.05, 0) is 24.6 Å². The molecule has 0 aliphatic carbocycles. The van der Waals surface area contributed by atoms with Crippen LogP contribution in [-0.4, -0.2) is 16.1 Å². The Morgan fingerprint density at radius 2 is 2.32 bits per heavy atom. The number of aromatic nitrogens is 1. The number of hydrogen-bond acceptors (Lipinski definition) is 5. The van der Waals surface area contributed by atoms with Crippen molar-refractivity contribution in [1.82, 2.24) is 4.98 Å². The highest BCUT2D eigenvalue weighted by Gasteiger charge is 2.17. The van der Waals surface area contributed by atoms with E-state index in [2.05, 4.69) is 26.2 Å². The minimum atomic E-state index is -1.09. The Kier molecular flexibility index (Phi) is 4.18. The predicted molar refractivity (Wildman–Crippen MR) is 78.8 cm³/mol. The van der Waals surface area contributed by atoms with Gasteiger partial charge < -0.3 is 16.2 Å². The molecule has 4 N–H and O–H groups in total. The van der Waals surface area contributed by atoms with Crippen LogP contribution in [0.5, 0.6) is 0 Å². The molecule has 0 spiro atoms. The number of nitrogens with one attached hydrogen (secondary N) is 1. The zero-order valence-corrected chi connectivity index (χ0v) is 12.5. The Morgan fingerprint density at radius 1 is 1.58 bits per heavy atom. The van der Waals surface area contributed by atoms with E-state index in [1.165, 1.54) is 11.3 Å². The smallest absolute Gasteiger partial charge is 0.326 e. The van der Waals surface area contributed by atoms with Crippen molar-refractivity contribution in [2.24, 2.45) is 5.73 Å². The second kappa shape index (κ2) is 5.68. The second-order valence-corrected chi connectivity index (χ2v) is 5.75. The molecule has 19 heavy (non-hydrogen) atoms. The summed E-state index contributed by atoms with van der Waals surface area (Å²) in [7, 11) is 0. The molecule has 100 valence electrons. The van der Waals surface area contributed by atoms with Crippen molar-refractivity contribution in [3.8, 4) is 0 Å². The van der Waals surface area contributed by atoms with E-state index in [-0.39, 0.29) is 0 Å². The van der Waals surface area contributed by atoms with E-state index >= 15 is 0 Å². The summed E-state index contributed by atoms with van der Waals surface area (Å²) in [5, 5.41) is 14.2. The van der Waals surface area contributed by atoms with Crippen LogP contribution in [0.2, 0.25) is 0 Å². The average Bonchev–Trinajstić information content (AvgIpc) is 2.81. The van der Waals surface area contributed by atoms with Crippen molar-refractivity contribution in [3.05, 3.63) is 39.3 Å². The van der Waals surface area contributed by atoms with Gasteiger partial charge in [0, 0.05) is 15.5 Å². The summed E-state index contributed by atoms with van der Waals surface area (Å²) in [6.45, 7) is 1.98. The van der Waals surface area contributed by atoms with Gasteiger partial charge in [0.2, 0.25) is 0 Å². The predicted octanol–water partition coefficient (Wildman–Crippen LogP) is 3.04. The molecule has 1 unspecified atom stereocenters. The van der Waals surface area contributed by atoms with E-state index in [0.717, 1.165) is 15.7 Å². The van der Waals surface area contributed by atoms with E-state index in [9.17, 15) is 4.79 Å². The fourth-order valence-corrected chi connectivity index (χ4v) is 2.58. The number of halogens is 1. The summed E-state index contributed by atoms with van der Waals surface area (Å²) in [6, 6.07) is 4.78. The number of thiazole rings is 1. The van der Waals surface area contributed by atoms with Crippen molar-refractivity contribution in [1.29, 1.82) is 0 Å². The molecule has 0 saturated carbocycles. The first kappa shape index (κ1) is 14.0. The highest BCUT2D eigenvalue weighted by atomic mass is 79.9. The van der Waals surface area contributed by atoms with Crippen LogP contribution in [0.3, 0.4) is 0 Å². The topological polar surface area (TPSA) is 88.2 Å². The number of aryl methyl sites for hydroxylation is 1. The second-order valence-electron chi connectivity index (χ2n) is 3.98.